The van der Waals surface area contributed by atoms with Crippen LogP contribution < -0.4 is 0 Å². The molecule has 0 radical (unpaired) electrons. The van der Waals surface area contributed by atoms with Gasteiger partial charge in [-0.25, -0.2) is 13.2 Å². The van der Waals surface area contributed by atoms with Gasteiger partial charge >= 0.3 is 11.9 Å². The fraction of sp³-hybridized carbons (Fsp3) is 0.385. The van der Waals surface area contributed by atoms with Crippen molar-refractivity contribution in [2.75, 3.05) is 14.2 Å². The van der Waals surface area contributed by atoms with Crippen LogP contribution in [0.1, 0.15) is 23.7 Å². The summed E-state index contributed by atoms with van der Waals surface area (Å²) >= 11 is 5.89. The molecule has 0 spiro atoms. The number of carbonyl (C=O) groups is 2. The summed E-state index contributed by atoms with van der Waals surface area (Å²) in [5.41, 5.74) is 0.0241. The number of sulfonamides is 1. The van der Waals surface area contributed by atoms with Crippen LogP contribution in [0.15, 0.2) is 23.1 Å². The van der Waals surface area contributed by atoms with Crippen LogP contribution in [0.4, 0.5) is 0 Å². The first-order valence-electron chi connectivity index (χ1n) is 6.25. The van der Waals surface area contributed by atoms with Gasteiger partial charge in [0, 0.05) is 7.05 Å². The molecule has 0 bridgehead atoms. The van der Waals surface area contributed by atoms with Gasteiger partial charge in [0.15, 0.2) is 0 Å². The molecule has 0 saturated heterocycles. The van der Waals surface area contributed by atoms with E-state index in [2.05, 4.69) is 4.74 Å². The van der Waals surface area contributed by atoms with Crippen molar-refractivity contribution >= 4 is 33.6 Å². The lowest BCUT2D eigenvalue weighted by molar-refractivity contribution is -0.141. The number of carboxylic acid groups (broad SMARTS) is 1. The molecule has 0 fully saturated rings. The van der Waals surface area contributed by atoms with E-state index in [1.54, 1.807) is 6.92 Å². The van der Waals surface area contributed by atoms with Crippen molar-refractivity contribution in [1.29, 1.82) is 0 Å². The van der Waals surface area contributed by atoms with Crippen LogP contribution in [0.5, 0.6) is 0 Å². The second-order valence-corrected chi connectivity index (χ2v) is 6.82. The number of esters is 1. The van der Waals surface area contributed by atoms with Gasteiger partial charge in [-0.1, -0.05) is 18.5 Å². The molecule has 1 rings (SSSR count). The number of ether oxygens (including phenoxy) is 1. The molecule has 1 atom stereocenters. The van der Waals surface area contributed by atoms with E-state index < -0.39 is 28.0 Å². The number of carboxylic acids is 1. The zero-order valence-electron chi connectivity index (χ0n) is 12.2. The van der Waals surface area contributed by atoms with Crippen molar-refractivity contribution < 1.29 is 27.9 Å². The average molecular weight is 350 g/mol. The molecule has 1 aromatic carbocycles. The van der Waals surface area contributed by atoms with E-state index in [1.165, 1.54) is 26.3 Å². The molecule has 122 valence electrons. The van der Waals surface area contributed by atoms with Crippen molar-refractivity contribution in [3.8, 4) is 0 Å². The monoisotopic (exact) mass is 349 g/mol. The van der Waals surface area contributed by atoms with Gasteiger partial charge in [-0.05, 0) is 24.6 Å². The van der Waals surface area contributed by atoms with Crippen LogP contribution in [0.25, 0.3) is 0 Å². The first-order chi connectivity index (χ1) is 10.2. The van der Waals surface area contributed by atoms with E-state index in [1.807, 2.05) is 0 Å². The molecule has 0 amide bonds. The van der Waals surface area contributed by atoms with Crippen LogP contribution in [-0.2, 0) is 19.6 Å². The fourth-order valence-electron chi connectivity index (χ4n) is 1.85. The van der Waals surface area contributed by atoms with Crippen LogP contribution in [0.2, 0.25) is 5.02 Å². The lowest BCUT2D eigenvalue weighted by atomic mass is 10.2. The van der Waals surface area contributed by atoms with Gasteiger partial charge in [0.05, 0.1) is 22.6 Å². The molecular weight excluding hydrogens is 334 g/mol. The fourth-order valence-corrected chi connectivity index (χ4v) is 3.59. The standard InChI is InChI=1S/C13H16ClNO6S/c1-4-11(12(16)17)15(2)22(19,20)8-5-6-9(10(14)7-8)13(18)21-3/h5-7,11H,4H2,1-3H3,(H,16,17). The van der Waals surface area contributed by atoms with Gasteiger partial charge in [0.25, 0.3) is 0 Å². The summed E-state index contributed by atoms with van der Waals surface area (Å²) in [7, 11) is -1.69. The number of rotatable bonds is 6. The van der Waals surface area contributed by atoms with Crippen LogP contribution in [0, 0.1) is 0 Å². The first-order valence-corrected chi connectivity index (χ1v) is 8.07. The van der Waals surface area contributed by atoms with Gasteiger partial charge in [-0.3, -0.25) is 4.79 Å². The number of methoxy groups -OCH3 is 1. The largest absolute Gasteiger partial charge is 0.480 e. The minimum absolute atomic E-state index is 0.0241. The number of halogens is 1. The highest BCUT2D eigenvalue weighted by molar-refractivity contribution is 7.89. The maximum atomic E-state index is 12.4. The Balaban J connectivity index is 3.27. The van der Waals surface area contributed by atoms with E-state index in [-0.39, 0.29) is 21.9 Å². The quantitative estimate of drug-likeness (QED) is 0.783. The summed E-state index contributed by atoms with van der Waals surface area (Å²) in [6, 6.07) is 2.30. The maximum absolute atomic E-state index is 12.4. The van der Waals surface area contributed by atoms with Crippen molar-refractivity contribution in [3.63, 3.8) is 0 Å². The zero-order valence-corrected chi connectivity index (χ0v) is 13.8. The Bertz CT molecular complexity index is 688. The summed E-state index contributed by atoms with van der Waals surface area (Å²) in [6.45, 7) is 1.57. The minimum Gasteiger partial charge on any atom is -0.480 e. The van der Waals surface area contributed by atoms with Crippen molar-refractivity contribution in [2.24, 2.45) is 0 Å². The average Bonchev–Trinajstić information content (AvgIpc) is 2.46. The maximum Gasteiger partial charge on any atom is 0.339 e. The predicted molar refractivity (Wildman–Crippen MR) is 79.5 cm³/mol. The smallest absolute Gasteiger partial charge is 0.339 e. The number of hydrogen-bond acceptors (Lipinski definition) is 5. The van der Waals surface area contributed by atoms with Crippen molar-refractivity contribution in [3.05, 3.63) is 28.8 Å². The molecule has 9 heteroatoms. The second kappa shape index (κ2) is 7.08. The molecule has 0 saturated carbocycles. The van der Waals surface area contributed by atoms with Gasteiger partial charge in [-0.15, -0.1) is 0 Å². The molecular formula is C13H16ClNO6S. The number of carbonyl (C=O) groups excluding carboxylic acids is 1. The highest BCUT2D eigenvalue weighted by Crippen LogP contribution is 2.24. The van der Waals surface area contributed by atoms with E-state index >= 15 is 0 Å². The molecule has 0 aromatic heterocycles. The zero-order chi connectivity index (χ0) is 17.1. The minimum atomic E-state index is -4.05. The number of aliphatic carboxylic acids is 1. The summed E-state index contributed by atoms with van der Waals surface area (Å²) in [4.78, 5) is 22.3. The van der Waals surface area contributed by atoms with Gasteiger partial charge < -0.3 is 9.84 Å². The molecule has 1 N–H and O–H groups in total. The van der Waals surface area contributed by atoms with Gasteiger partial charge in [0.2, 0.25) is 10.0 Å². The summed E-state index contributed by atoms with van der Waals surface area (Å²) < 4.78 is 30.1. The third-order valence-electron chi connectivity index (χ3n) is 3.13. The Morgan fingerprint density at radius 3 is 2.41 bits per heavy atom. The first kappa shape index (κ1) is 18.4. The number of likely N-dealkylation sites (N-methyl/N-ethyl adjacent to an activating group) is 1. The van der Waals surface area contributed by atoms with Gasteiger partial charge in [0.1, 0.15) is 6.04 Å². The number of hydrogen-bond donors (Lipinski definition) is 1. The lowest BCUT2D eigenvalue weighted by Crippen LogP contribution is -2.41. The molecule has 0 aliphatic carbocycles. The number of nitrogens with zero attached hydrogens (tertiary/aromatic N) is 1. The molecule has 22 heavy (non-hydrogen) atoms. The Labute approximate surface area is 133 Å². The normalized spacial score (nSPS) is 13.0. The summed E-state index contributed by atoms with van der Waals surface area (Å²) in [5.74, 6) is -1.94. The van der Waals surface area contributed by atoms with Crippen molar-refractivity contribution in [1.82, 2.24) is 4.31 Å². The lowest BCUT2D eigenvalue weighted by Gasteiger charge is -2.23. The van der Waals surface area contributed by atoms with Crippen molar-refractivity contribution in [2.45, 2.75) is 24.3 Å². The second-order valence-electron chi connectivity index (χ2n) is 4.42. The Hall–Kier alpha value is -1.64. The molecule has 0 aliphatic heterocycles. The van der Waals surface area contributed by atoms with Crippen LogP contribution in [-0.4, -0.2) is 50.0 Å². The topological polar surface area (TPSA) is 101 Å². The third-order valence-corrected chi connectivity index (χ3v) is 5.31. The highest BCUT2D eigenvalue weighted by atomic mass is 35.5. The van der Waals surface area contributed by atoms with E-state index in [0.717, 1.165) is 10.4 Å². The molecule has 1 aromatic rings. The van der Waals surface area contributed by atoms with Crippen LogP contribution >= 0.6 is 11.6 Å². The Morgan fingerprint density at radius 1 is 1.41 bits per heavy atom. The van der Waals surface area contributed by atoms with Crippen LogP contribution in [0.3, 0.4) is 0 Å². The molecule has 0 heterocycles. The molecule has 7 nitrogen and oxygen atoms in total. The third kappa shape index (κ3) is 3.57. The van der Waals surface area contributed by atoms with E-state index in [0.29, 0.717) is 0 Å². The molecule has 1 unspecified atom stereocenters. The SMILES string of the molecule is CCC(C(=O)O)N(C)S(=O)(=O)c1ccc(C(=O)OC)c(Cl)c1. The predicted octanol–water partition coefficient (Wildman–Crippen LogP) is 1.61. The van der Waals surface area contributed by atoms with E-state index in [9.17, 15) is 18.0 Å². The Morgan fingerprint density at radius 2 is 2.00 bits per heavy atom. The summed E-state index contributed by atoms with van der Waals surface area (Å²) in [6.07, 6.45) is 0.110. The summed E-state index contributed by atoms with van der Waals surface area (Å²) in [5, 5.41) is 8.97. The van der Waals surface area contributed by atoms with E-state index in [4.69, 9.17) is 16.7 Å². The number of benzene rings is 1. The molecule has 0 aliphatic rings. The Kier molecular flexibility index (Phi) is 5.92. The highest BCUT2D eigenvalue weighted by Gasteiger charge is 2.32. The van der Waals surface area contributed by atoms with Gasteiger partial charge in [-0.2, -0.15) is 4.31 Å².